The zero-order valence-electron chi connectivity index (χ0n) is 12.8. The van der Waals surface area contributed by atoms with Crippen molar-refractivity contribution in [3.63, 3.8) is 0 Å². The van der Waals surface area contributed by atoms with Gasteiger partial charge in [-0.2, -0.15) is 0 Å². The van der Waals surface area contributed by atoms with E-state index in [0.29, 0.717) is 0 Å². The number of benzene rings is 2. The molecule has 108 valence electrons. The minimum absolute atomic E-state index is 0.928. The minimum Gasteiger partial charge on any atom is -0.497 e. The van der Waals surface area contributed by atoms with Gasteiger partial charge in [0.25, 0.3) is 0 Å². The Hall–Kier alpha value is -1.96. The number of ether oxygens (including phenoxy) is 2. The fourth-order valence-electron chi connectivity index (χ4n) is 1.72. The van der Waals surface area contributed by atoms with Gasteiger partial charge >= 0.3 is 0 Å². The van der Waals surface area contributed by atoms with Crippen LogP contribution in [0.25, 0.3) is 0 Å². The van der Waals surface area contributed by atoms with Crippen LogP contribution in [0.3, 0.4) is 0 Å². The Bertz CT molecular complexity index is 378. The van der Waals surface area contributed by atoms with Gasteiger partial charge < -0.3 is 9.47 Å². The zero-order valence-corrected chi connectivity index (χ0v) is 12.8. The molecule has 2 aromatic carbocycles. The van der Waals surface area contributed by atoms with Crippen molar-refractivity contribution in [2.75, 3.05) is 14.2 Å². The summed E-state index contributed by atoms with van der Waals surface area (Å²) in [6.45, 7) is 4.28. The van der Waals surface area contributed by atoms with E-state index in [1.165, 1.54) is 11.1 Å². The number of methoxy groups -OCH3 is 2. The Kier molecular flexibility index (Phi) is 7.26. The first-order valence-electron chi connectivity index (χ1n) is 6.99. The number of aryl methyl sites for hydroxylation is 2. The number of hydrogen-bond donors (Lipinski definition) is 0. The third kappa shape index (κ3) is 5.35. The normalized spacial score (nSPS) is 9.40. The van der Waals surface area contributed by atoms with Crippen LogP contribution in [0.5, 0.6) is 11.5 Å². The third-order valence-electron chi connectivity index (χ3n) is 3.13. The lowest BCUT2D eigenvalue weighted by atomic mass is 10.2. The van der Waals surface area contributed by atoms with E-state index in [0.717, 1.165) is 24.3 Å². The van der Waals surface area contributed by atoms with Crippen LogP contribution in [0.2, 0.25) is 0 Å². The van der Waals surface area contributed by atoms with Crippen molar-refractivity contribution in [3.8, 4) is 11.5 Å². The molecule has 0 saturated carbocycles. The van der Waals surface area contributed by atoms with Gasteiger partial charge in [-0.25, -0.2) is 0 Å². The summed E-state index contributed by atoms with van der Waals surface area (Å²) in [4.78, 5) is 0. The maximum atomic E-state index is 5.01. The highest BCUT2D eigenvalue weighted by atomic mass is 16.5. The van der Waals surface area contributed by atoms with Gasteiger partial charge in [0.15, 0.2) is 0 Å². The molecule has 0 bridgehead atoms. The molecule has 2 heteroatoms. The molecule has 0 aliphatic heterocycles. The van der Waals surface area contributed by atoms with Gasteiger partial charge in [0.1, 0.15) is 11.5 Å². The highest BCUT2D eigenvalue weighted by Crippen LogP contribution is 2.11. The van der Waals surface area contributed by atoms with Gasteiger partial charge in [0, 0.05) is 0 Å². The van der Waals surface area contributed by atoms with Crippen LogP contribution >= 0.6 is 0 Å². The molecule has 2 nitrogen and oxygen atoms in total. The van der Waals surface area contributed by atoms with Crippen LogP contribution in [0.4, 0.5) is 0 Å². The van der Waals surface area contributed by atoms with Crippen molar-refractivity contribution in [1.29, 1.82) is 0 Å². The predicted molar refractivity (Wildman–Crippen MR) is 84.7 cm³/mol. The topological polar surface area (TPSA) is 18.5 Å². The molecular weight excluding hydrogens is 248 g/mol. The van der Waals surface area contributed by atoms with Crippen LogP contribution in [-0.2, 0) is 12.8 Å². The molecule has 0 aromatic heterocycles. The van der Waals surface area contributed by atoms with Crippen molar-refractivity contribution >= 4 is 0 Å². The van der Waals surface area contributed by atoms with Crippen LogP contribution < -0.4 is 9.47 Å². The maximum Gasteiger partial charge on any atom is 0.118 e. The first-order valence-corrected chi connectivity index (χ1v) is 6.99. The summed E-state index contributed by atoms with van der Waals surface area (Å²) in [6.07, 6.45) is 2.17. The van der Waals surface area contributed by atoms with Crippen molar-refractivity contribution in [3.05, 3.63) is 59.7 Å². The average molecular weight is 272 g/mol. The highest BCUT2D eigenvalue weighted by molar-refractivity contribution is 5.27. The SMILES string of the molecule is CCc1ccc(OC)cc1.CCc1ccc(OC)cc1. The second-order valence-corrected chi connectivity index (χ2v) is 4.40. The average Bonchev–Trinajstić information content (AvgIpc) is 2.55. The molecule has 0 fully saturated rings. The predicted octanol–water partition coefficient (Wildman–Crippen LogP) is 4.52. The molecule has 0 spiro atoms. The van der Waals surface area contributed by atoms with Crippen molar-refractivity contribution in [2.45, 2.75) is 26.7 Å². The Morgan fingerprint density at radius 3 is 1.10 bits per heavy atom. The maximum absolute atomic E-state index is 5.01. The van der Waals surface area contributed by atoms with E-state index in [-0.39, 0.29) is 0 Å². The second kappa shape index (κ2) is 9.03. The van der Waals surface area contributed by atoms with Crippen LogP contribution in [0.1, 0.15) is 25.0 Å². The molecule has 0 amide bonds. The zero-order chi connectivity index (χ0) is 14.8. The van der Waals surface area contributed by atoms with Gasteiger partial charge in [-0.15, -0.1) is 0 Å². The van der Waals surface area contributed by atoms with Crippen LogP contribution in [0, 0.1) is 0 Å². The molecule has 0 unspecified atom stereocenters. The van der Waals surface area contributed by atoms with E-state index in [2.05, 4.69) is 38.1 Å². The third-order valence-corrected chi connectivity index (χ3v) is 3.13. The number of hydrogen-bond acceptors (Lipinski definition) is 2. The van der Waals surface area contributed by atoms with Gasteiger partial charge in [0.2, 0.25) is 0 Å². The molecule has 0 N–H and O–H groups in total. The van der Waals surface area contributed by atoms with Gasteiger partial charge in [-0.3, -0.25) is 0 Å². The summed E-state index contributed by atoms with van der Waals surface area (Å²) in [7, 11) is 3.36. The fraction of sp³-hybridized carbons (Fsp3) is 0.333. The van der Waals surface area contributed by atoms with Crippen molar-refractivity contribution < 1.29 is 9.47 Å². The Morgan fingerprint density at radius 1 is 0.600 bits per heavy atom. The summed E-state index contributed by atoms with van der Waals surface area (Å²) in [5, 5.41) is 0. The summed E-state index contributed by atoms with van der Waals surface area (Å²) >= 11 is 0. The van der Waals surface area contributed by atoms with E-state index in [1.54, 1.807) is 14.2 Å². The Morgan fingerprint density at radius 2 is 0.900 bits per heavy atom. The molecular formula is C18H24O2. The van der Waals surface area contributed by atoms with Crippen molar-refractivity contribution in [1.82, 2.24) is 0 Å². The van der Waals surface area contributed by atoms with Crippen molar-refractivity contribution in [2.24, 2.45) is 0 Å². The first kappa shape index (κ1) is 16.1. The molecule has 0 atom stereocenters. The Labute approximate surface area is 122 Å². The molecule has 2 rings (SSSR count). The molecule has 0 heterocycles. The highest BCUT2D eigenvalue weighted by Gasteiger charge is 1.89. The van der Waals surface area contributed by atoms with Gasteiger partial charge in [-0.05, 0) is 48.2 Å². The fourth-order valence-corrected chi connectivity index (χ4v) is 1.72. The molecule has 0 radical (unpaired) electrons. The van der Waals surface area contributed by atoms with E-state index in [1.807, 2.05) is 24.3 Å². The first-order chi connectivity index (χ1) is 9.73. The lowest BCUT2D eigenvalue weighted by Crippen LogP contribution is -1.83. The lowest BCUT2D eigenvalue weighted by Gasteiger charge is -1.99. The number of rotatable bonds is 4. The Balaban J connectivity index is 0.000000200. The molecule has 20 heavy (non-hydrogen) atoms. The summed E-state index contributed by atoms with van der Waals surface area (Å²) < 4.78 is 10.0. The lowest BCUT2D eigenvalue weighted by molar-refractivity contribution is 0.414. The summed E-state index contributed by atoms with van der Waals surface area (Å²) in [6, 6.07) is 16.3. The molecule has 0 saturated heterocycles. The quantitative estimate of drug-likeness (QED) is 0.815. The van der Waals surface area contributed by atoms with Crippen LogP contribution in [0.15, 0.2) is 48.5 Å². The van der Waals surface area contributed by atoms with Crippen LogP contribution in [-0.4, -0.2) is 14.2 Å². The van der Waals surface area contributed by atoms with E-state index >= 15 is 0 Å². The standard InChI is InChI=1S/2C9H12O/c2*1-3-8-4-6-9(10-2)7-5-8/h2*4-7H,3H2,1-2H3. The molecule has 2 aromatic rings. The molecule has 0 aliphatic rings. The van der Waals surface area contributed by atoms with E-state index in [4.69, 9.17) is 9.47 Å². The largest absolute Gasteiger partial charge is 0.497 e. The monoisotopic (exact) mass is 272 g/mol. The van der Waals surface area contributed by atoms with Gasteiger partial charge in [-0.1, -0.05) is 38.1 Å². The van der Waals surface area contributed by atoms with E-state index in [9.17, 15) is 0 Å². The smallest absolute Gasteiger partial charge is 0.118 e. The summed E-state index contributed by atoms with van der Waals surface area (Å²) in [5.41, 5.74) is 2.70. The summed E-state index contributed by atoms with van der Waals surface area (Å²) in [5.74, 6) is 1.86. The van der Waals surface area contributed by atoms with E-state index < -0.39 is 0 Å². The second-order valence-electron chi connectivity index (χ2n) is 4.40. The minimum atomic E-state index is 0.928. The molecule has 0 aliphatic carbocycles. The van der Waals surface area contributed by atoms with Gasteiger partial charge in [0.05, 0.1) is 14.2 Å².